The van der Waals surface area contributed by atoms with Gasteiger partial charge in [-0.25, -0.2) is 4.79 Å². The maximum absolute atomic E-state index is 13.0. The topological polar surface area (TPSA) is 266 Å². The van der Waals surface area contributed by atoms with Crippen LogP contribution >= 0.6 is 0 Å². The zero-order valence-corrected chi connectivity index (χ0v) is 24.2. The molecule has 47 heavy (non-hydrogen) atoms. The number of carbonyl (C=O) groups excluding carboxylic acids is 1. The van der Waals surface area contributed by atoms with Crippen LogP contribution in [-0.2, 0) is 14.3 Å². The molecule has 0 radical (unpaired) electrons. The number of aliphatic hydroxyl groups excluding tert-OH is 3. The van der Waals surface area contributed by atoms with Gasteiger partial charge in [0.25, 0.3) is 0 Å². The van der Waals surface area contributed by atoms with Crippen molar-refractivity contribution in [2.45, 2.75) is 30.7 Å². The summed E-state index contributed by atoms with van der Waals surface area (Å²) in [5, 5.41) is 90.9. The molecule has 4 aromatic rings. The molecule has 5 rings (SSSR count). The molecule has 0 aliphatic carbocycles. The van der Waals surface area contributed by atoms with Crippen LogP contribution in [0.1, 0.15) is 5.56 Å². The number of ether oxygens (including phenoxy) is 4. The molecule has 16 nitrogen and oxygen atoms in total. The lowest BCUT2D eigenvalue weighted by atomic mass is 9.99. The van der Waals surface area contributed by atoms with Crippen LogP contribution in [0, 0.1) is 0 Å². The van der Waals surface area contributed by atoms with Crippen LogP contribution in [0.4, 0.5) is 0 Å². The summed E-state index contributed by atoms with van der Waals surface area (Å²) < 4.78 is 27.2. The van der Waals surface area contributed by atoms with Gasteiger partial charge < -0.3 is 69.3 Å². The first-order chi connectivity index (χ1) is 22.3. The number of phenolic OH excluding ortho intramolecular Hbond substituents is 5. The largest absolute Gasteiger partial charge is 0.504 e. The Hall–Kier alpha value is -5.68. The third kappa shape index (κ3) is 6.38. The Kier molecular flexibility index (Phi) is 9.03. The second kappa shape index (κ2) is 13.0. The predicted octanol–water partition coefficient (Wildman–Crippen LogP) is 1.15. The molecule has 1 saturated heterocycles. The zero-order chi connectivity index (χ0) is 34.2. The van der Waals surface area contributed by atoms with Crippen molar-refractivity contribution in [2.24, 2.45) is 0 Å². The molecule has 1 aliphatic rings. The smallest absolute Gasteiger partial charge is 0.330 e. The molecule has 1 aliphatic heterocycles. The standard InChI is InChI=1S/C31H28O16/c1-43-30-19(10-18-22(25(30)39)24(38)27(41)29(45-18)13-4-6-15(33)17(35)9-13)46-31-28(42)26(40)23(37)20(47-31)11-44-21(36)7-3-12-2-5-14(32)16(34)8-12/h2-10,20,23,26,28,31-35,37,39-42H,11H2,1H3. The van der Waals surface area contributed by atoms with E-state index in [2.05, 4.69) is 0 Å². The first kappa shape index (κ1) is 32.7. The van der Waals surface area contributed by atoms with Gasteiger partial charge in [0, 0.05) is 17.7 Å². The number of fused-ring (bicyclic) bond motifs is 1. The van der Waals surface area contributed by atoms with Gasteiger partial charge in [-0.3, -0.25) is 4.79 Å². The van der Waals surface area contributed by atoms with Crippen LogP contribution in [0.2, 0.25) is 0 Å². The molecule has 5 unspecified atom stereocenters. The quantitative estimate of drug-likeness (QED) is 0.0731. The van der Waals surface area contributed by atoms with Gasteiger partial charge in [-0.2, -0.15) is 0 Å². The number of carbonyl (C=O) groups is 1. The normalized spacial score (nSPS) is 21.1. The molecular formula is C31H28O16. The van der Waals surface area contributed by atoms with Gasteiger partial charge in [0.15, 0.2) is 40.3 Å². The van der Waals surface area contributed by atoms with E-state index in [0.717, 1.165) is 31.4 Å². The number of phenols is 5. The summed E-state index contributed by atoms with van der Waals surface area (Å²) in [5.74, 6) is -5.82. The lowest BCUT2D eigenvalue weighted by Crippen LogP contribution is -2.60. The molecule has 3 aromatic carbocycles. The van der Waals surface area contributed by atoms with Gasteiger partial charge in [0.1, 0.15) is 42.0 Å². The van der Waals surface area contributed by atoms with Gasteiger partial charge in [-0.15, -0.1) is 0 Å². The Labute approximate surface area is 263 Å². The van der Waals surface area contributed by atoms with Crippen LogP contribution in [0.25, 0.3) is 28.4 Å². The minimum absolute atomic E-state index is 0.0221. The van der Waals surface area contributed by atoms with Crippen molar-refractivity contribution in [2.75, 3.05) is 13.7 Å². The molecular weight excluding hydrogens is 628 g/mol. The van der Waals surface area contributed by atoms with Crippen molar-refractivity contribution in [1.82, 2.24) is 0 Å². The highest BCUT2D eigenvalue weighted by Gasteiger charge is 2.46. The lowest BCUT2D eigenvalue weighted by molar-refractivity contribution is -0.278. The first-order valence-corrected chi connectivity index (χ1v) is 13.7. The van der Waals surface area contributed by atoms with Crippen molar-refractivity contribution in [3.8, 4) is 57.3 Å². The Morgan fingerprint density at radius 1 is 0.851 bits per heavy atom. The van der Waals surface area contributed by atoms with Crippen LogP contribution < -0.4 is 14.9 Å². The summed E-state index contributed by atoms with van der Waals surface area (Å²) in [5.41, 5.74) is -1.13. The highest BCUT2D eigenvalue weighted by atomic mass is 16.7. The van der Waals surface area contributed by atoms with Gasteiger partial charge >= 0.3 is 5.97 Å². The van der Waals surface area contributed by atoms with E-state index in [1.807, 2.05) is 0 Å². The first-order valence-electron chi connectivity index (χ1n) is 13.7. The number of aromatic hydroxyl groups is 6. The number of aliphatic hydroxyl groups is 3. The second-order valence-electron chi connectivity index (χ2n) is 10.3. The van der Waals surface area contributed by atoms with Crippen molar-refractivity contribution in [1.29, 1.82) is 0 Å². The highest BCUT2D eigenvalue weighted by molar-refractivity contribution is 5.91. The summed E-state index contributed by atoms with van der Waals surface area (Å²) in [6.45, 7) is -0.633. The number of esters is 1. The second-order valence-corrected chi connectivity index (χ2v) is 10.3. The fourth-order valence-corrected chi connectivity index (χ4v) is 4.73. The molecule has 0 spiro atoms. The van der Waals surface area contributed by atoms with E-state index in [1.165, 1.54) is 30.3 Å². The van der Waals surface area contributed by atoms with Crippen molar-refractivity contribution in [3.63, 3.8) is 0 Å². The van der Waals surface area contributed by atoms with E-state index in [1.54, 1.807) is 0 Å². The molecule has 0 saturated carbocycles. The average molecular weight is 657 g/mol. The number of hydrogen-bond donors (Lipinski definition) is 9. The zero-order valence-electron chi connectivity index (χ0n) is 24.2. The van der Waals surface area contributed by atoms with Crippen LogP contribution in [0.3, 0.4) is 0 Å². The molecule has 9 N–H and O–H groups in total. The molecule has 5 atom stereocenters. The van der Waals surface area contributed by atoms with E-state index in [-0.39, 0.29) is 16.9 Å². The third-order valence-corrected chi connectivity index (χ3v) is 7.21. The van der Waals surface area contributed by atoms with E-state index in [0.29, 0.717) is 5.56 Å². The summed E-state index contributed by atoms with van der Waals surface area (Å²) in [6, 6.07) is 8.20. The number of methoxy groups -OCH3 is 1. The predicted molar refractivity (Wildman–Crippen MR) is 158 cm³/mol. The number of rotatable bonds is 8. The maximum Gasteiger partial charge on any atom is 0.330 e. The summed E-state index contributed by atoms with van der Waals surface area (Å²) in [6.07, 6.45) is -6.50. The monoisotopic (exact) mass is 656 g/mol. The van der Waals surface area contributed by atoms with E-state index < -0.39 is 100 Å². The number of benzene rings is 3. The molecule has 0 amide bonds. The Morgan fingerprint density at radius 3 is 2.19 bits per heavy atom. The average Bonchev–Trinajstić information content (AvgIpc) is 3.04. The van der Waals surface area contributed by atoms with Crippen molar-refractivity contribution >= 4 is 23.0 Å². The lowest BCUT2D eigenvalue weighted by Gasteiger charge is -2.40. The van der Waals surface area contributed by atoms with Crippen LogP contribution in [0.15, 0.2) is 57.8 Å². The molecule has 2 heterocycles. The minimum Gasteiger partial charge on any atom is -0.504 e. The molecule has 1 fully saturated rings. The minimum atomic E-state index is -1.90. The van der Waals surface area contributed by atoms with Gasteiger partial charge in [-0.1, -0.05) is 6.07 Å². The fourth-order valence-electron chi connectivity index (χ4n) is 4.73. The van der Waals surface area contributed by atoms with Gasteiger partial charge in [0.05, 0.1) is 7.11 Å². The Morgan fingerprint density at radius 2 is 1.53 bits per heavy atom. The van der Waals surface area contributed by atoms with Crippen LogP contribution in [-0.4, -0.2) is 96.4 Å². The van der Waals surface area contributed by atoms with Gasteiger partial charge in [-0.05, 0) is 42.0 Å². The third-order valence-electron chi connectivity index (χ3n) is 7.21. The Bertz CT molecular complexity index is 1910. The van der Waals surface area contributed by atoms with Crippen LogP contribution in [0.5, 0.6) is 46.0 Å². The fraction of sp³-hybridized carbons (Fsp3) is 0.226. The van der Waals surface area contributed by atoms with E-state index >= 15 is 0 Å². The molecule has 16 heteroatoms. The van der Waals surface area contributed by atoms with Gasteiger partial charge in [0.2, 0.25) is 23.2 Å². The van der Waals surface area contributed by atoms with Crippen molar-refractivity contribution in [3.05, 3.63) is 64.3 Å². The molecule has 248 valence electrons. The SMILES string of the molecule is COc1c(OC2OC(COC(=O)C=Cc3ccc(O)c(O)c3)C(O)C(O)C2O)cc2oc(-c3ccc(O)c(O)c3)c(O)c(=O)c2c1O. The Balaban J connectivity index is 1.40. The van der Waals surface area contributed by atoms with E-state index in [4.69, 9.17) is 23.4 Å². The number of hydrogen-bond acceptors (Lipinski definition) is 16. The highest BCUT2D eigenvalue weighted by Crippen LogP contribution is 2.45. The van der Waals surface area contributed by atoms with E-state index in [9.17, 15) is 55.5 Å². The maximum atomic E-state index is 13.0. The summed E-state index contributed by atoms with van der Waals surface area (Å²) in [7, 11) is 1.11. The summed E-state index contributed by atoms with van der Waals surface area (Å²) in [4.78, 5) is 25.3. The summed E-state index contributed by atoms with van der Waals surface area (Å²) >= 11 is 0. The van der Waals surface area contributed by atoms with Crippen molar-refractivity contribution < 1.29 is 74.1 Å². The molecule has 0 bridgehead atoms. The molecule has 1 aromatic heterocycles.